The molecule has 0 bridgehead atoms. The van der Waals surface area contributed by atoms with Crippen molar-refractivity contribution in [3.05, 3.63) is 84.2 Å². The van der Waals surface area contributed by atoms with Gasteiger partial charge in [-0.3, -0.25) is 9.69 Å². The lowest BCUT2D eigenvalue weighted by Gasteiger charge is -2.25. The standard InChI is InChI=1S/C26H26FN3O2S.ClH/c1-3-29(4-2)17-18-30(26-28-24-21(27)14-10-16-23(24)33-26)25(31)20-13-8-9-15-22(20)32-19-11-6-5-7-12-19;/h5-16H,3-4,17-18H2,1-2H3;1H. The summed E-state index contributed by atoms with van der Waals surface area (Å²) in [5, 5.41) is 0.474. The number of thiazole rings is 1. The average molecular weight is 500 g/mol. The van der Waals surface area contributed by atoms with Crippen LogP contribution in [0.25, 0.3) is 10.2 Å². The van der Waals surface area contributed by atoms with E-state index in [-0.39, 0.29) is 29.6 Å². The van der Waals surface area contributed by atoms with E-state index >= 15 is 0 Å². The number of amides is 1. The van der Waals surface area contributed by atoms with E-state index in [1.165, 1.54) is 17.4 Å². The zero-order chi connectivity index (χ0) is 23.2. The number of benzene rings is 3. The van der Waals surface area contributed by atoms with Gasteiger partial charge in [0.15, 0.2) is 5.13 Å². The summed E-state index contributed by atoms with van der Waals surface area (Å²) in [6.07, 6.45) is 0. The van der Waals surface area contributed by atoms with Crippen LogP contribution in [0.3, 0.4) is 0 Å². The van der Waals surface area contributed by atoms with Crippen LogP contribution in [0.4, 0.5) is 9.52 Å². The first-order valence-electron chi connectivity index (χ1n) is 11.0. The van der Waals surface area contributed by atoms with Crippen molar-refractivity contribution in [3.8, 4) is 11.5 Å². The highest BCUT2D eigenvalue weighted by Gasteiger charge is 2.25. The fourth-order valence-electron chi connectivity index (χ4n) is 3.58. The molecule has 0 aliphatic rings. The summed E-state index contributed by atoms with van der Waals surface area (Å²) in [6.45, 7) is 7.04. The summed E-state index contributed by atoms with van der Waals surface area (Å²) >= 11 is 1.31. The van der Waals surface area contributed by atoms with E-state index in [9.17, 15) is 9.18 Å². The Morgan fingerprint density at radius 2 is 1.65 bits per heavy atom. The number of hydrogen-bond donors (Lipinski definition) is 0. The van der Waals surface area contributed by atoms with Crippen LogP contribution in [-0.2, 0) is 0 Å². The van der Waals surface area contributed by atoms with E-state index in [1.54, 1.807) is 23.1 Å². The minimum absolute atomic E-state index is 0. The van der Waals surface area contributed by atoms with Gasteiger partial charge in [0.2, 0.25) is 0 Å². The highest BCUT2D eigenvalue weighted by atomic mass is 35.5. The molecule has 0 saturated carbocycles. The predicted molar refractivity (Wildman–Crippen MR) is 139 cm³/mol. The predicted octanol–water partition coefficient (Wildman–Crippen LogP) is 6.64. The van der Waals surface area contributed by atoms with Gasteiger partial charge in [-0.05, 0) is 49.5 Å². The Kier molecular flexibility index (Phi) is 8.98. The summed E-state index contributed by atoms with van der Waals surface area (Å²) in [5.74, 6) is 0.496. The second kappa shape index (κ2) is 11.9. The van der Waals surface area contributed by atoms with Gasteiger partial charge in [0.05, 0.1) is 10.3 Å². The third kappa shape index (κ3) is 5.73. The fourth-order valence-corrected chi connectivity index (χ4v) is 4.58. The minimum atomic E-state index is -0.390. The fraction of sp³-hybridized carbons (Fsp3) is 0.231. The molecule has 0 radical (unpaired) electrons. The summed E-state index contributed by atoms with van der Waals surface area (Å²) in [4.78, 5) is 22.2. The molecule has 5 nitrogen and oxygen atoms in total. The van der Waals surface area contributed by atoms with Crippen molar-refractivity contribution in [1.29, 1.82) is 0 Å². The largest absolute Gasteiger partial charge is 0.457 e. The number of halogens is 2. The van der Waals surface area contributed by atoms with E-state index < -0.39 is 0 Å². The molecule has 0 spiro atoms. The molecule has 4 aromatic rings. The summed E-state index contributed by atoms with van der Waals surface area (Å²) in [7, 11) is 0. The third-order valence-electron chi connectivity index (χ3n) is 5.46. The molecule has 0 aliphatic heterocycles. The Balaban J connectivity index is 0.00000324. The van der Waals surface area contributed by atoms with Gasteiger partial charge >= 0.3 is 0 Å². The van der Waals surface area contributed by atoms with Crippen molar-refractivity contribution in [2.45, 2.75) is 13.8 Å². The van der Waals surface area contributed by atoms with Crippen molar-refractivity contribution in [1.82, 2.24) is 9.88 Å². The monoisotopic (exact) mass is 499 g/mol. The number of carbonyl (C=O) groups is 1. The maximum absolute atomic E-state index is 14.3. The molecule has 1 heterocycles. The first-order chi connectivity index (χ1) is 16.1. The smallest absolute Gasteiger partial charge is 0.263 e. The summed E-state index contributed by atoms with van der Waals surface area (Å²) < 4.78 is 21.1. The number of anilines is 1. The topological polar surface area (TPSA) is 45.7 Å². The lowest BCUT2D eigenvalue weighted by Crippen LogP contribution is -2.39. The van der Waals surface area contributed by atoms with Gasteiger partial charge < -0.3 is 9.64 Å². The molecule has 178 valence electrons. The van der Waals surface area contributed by atoms with Gasteiger partial charge in [-0.2, -0.15) is 0 Å². The lowest BCUT2D eigenvalue weighted by molar-refractivity contribution is 0.0981. The number of rotatable bonds is 9. The van der Waals surface area contributed by atoms with Gasteiger partial charge in [0, 0.05) is 13.1 Å². The zero-order valence-corrected chi connectivity index (χ0v) is 20.7. The Morgan fingerprint density at radius 1 is 0.941 bits per heavy atom. The van der Waals surface area contributed by atoms with E-state index in [1.807, 2.05) is 48.5 Å². The minimum Gasteiger partial charge on any atom is -0.457 e. The first kappa shape index (κ1) is 25.6. The SMILES string of the molecule is CCN(CC)CCN(C(=O)c1ccccc1Oc1ccccc1)c1nc2c(F)cccc2s1.Cl. The molecule has 0 atom stereocenters. The second-order valence-electron chi connectivity index (χ2n) is 7.48. The maximum atomic E-state index is 14.3. The quantitative estimate of drug-likeness (QED) is 0.259. The maximum Gasteiger partial charge on any atom is 0.263 e. The summed E-state index contributed by atoms with van der Waals surface area (Å²) in [6, 6.07) is 21.4. The van der Waals surface area contributed by atoms with Crippen molar-refractivity contribution < 1.29 is 13.9 Å². The molecule has 0 aliphatic carbocycles. The molecule has 4 rings (SSSR count). The van der Waals surface area contributed by atoms with Crippen molar-refractivity contribution in [2.24, 2.45) is 0 Å². The highest BCUT2D eigenvalue weighted by molar-refractivity contribution is 7.22. The van der Waals surface area contributed by atoms with Crippen LogP contribution in [0.15, 0.2) is 72.8 Å². The molecule has 34 heavy (non-hydrogen) atoms. The van der Waals surface area contributed by atoms with Gasteiger partial charge in [0.1, 0.15) is 22.8 Å². The van der Waals surface area contributed by atoms with Crippen LogP contribution < -0.4 is 9.64 Å². The Labute approximate surface area is 209 Å². The molecular weight excluding hydrogens is 473 g/mol. The Bertz CT molecular complexity index is 1230. The molecule has 0 unspecified atom stereocenters. The van der Waals surface area contributed by atoms with Crippen LogP contribution in [-0.4, -0.2) is 42.0 Å². The van der Waals surface area contributed by atoms with Crippen LogP contribution >= 0.6 is 23.7 Å². The highest BCUT2D eigenvalue weighted by Crippen LogP contribution is 2.33. The second-order valence-corrected chi connectivity index (χ2v) is 8.49. The molecule has 1 aromatic heterocycles. The van der Waals surface area contributed by atoms with Crippen LogP contribution in [0.5, 0.6) is 11.5 Å². The Morgan fingerprint density at radius 3 is 2.35 bits per heavy atom. The molecule has 8 heteroatoms. The molecule has 1 amide bonds. The average Bonchev–Trinajstić information content (AvgIpc) is 3.28. The number of aromatic nitrogens is 1. The number of nitrogens with zero attached hydrogens (tertiary/aromatic N) is 3. The van der Waals surface area contributed by atoms with Crippen molar-refractivity contribution >= 4 is 45.0 Å². The van der Waals surface area contributed by atoms with E-state index in [0.717, 1.165) is 13.1 Å². The van der Waals surface area contributed by atoms with E-state index in [2.05, 4.69) is 23.7 Å². The van der Waals surface area contributed by atoms with E-state index in [4.69, 9.17) is 4.74 Å². The van der Waals surface area contributed by atoms with Crippen LogP contribution in [0, 0.1) is 5.82 Å². The first-order valence-corrected chi connectivity index (χ1v) is 11.8. The normalized spacial score (nSPS) is 10.8. The van der Waals surface area contributed by atoms with Gasteiger partial charge in [-0.1, -0.05) is 61.6 Å². The number of para-hydroxylation sites is 3. The zero-order valence-electron chi connectivity index (χ0n) is 19.1. The van der Waals surface area contributed by atoms with E-state index in [0.29, 0.717) is 40.0 Å². The third-order valence-corrected chi connectivity index (χ3v) is 6.50. The summed E-state index contributed by atoms with van der Waals surface area (Å²) in [5.41, 5.74) is 0.715. The Hall–Kier alpha value is -3.00. The van der Waals surface area contributed by atoms with Gasteiger partial charge in [-0.25, -0.2) is 9.37 Å². The van der Waals surface area contributed by atoms with Gasteiger partial charge in [0.25, 0.3) is 5.91 Å². The lowest BCUT2D eigenvalue weighted by atomic mass is 10.1. The number of hydrogen-bond acceptors (Lipinski definition) is 5. The number of ether oxygens (including phenoxy) is 1. The number of fused-ring (bicyclic) bond motifs is 1. The van der Waals surface area contributed by atoms with Crippen LogP contribution in [0.1, 0.15) is 24.2 Å². The van der Waals surface area contributed by atoms with Crippen molar-refractivity contribution in [3.63, 3.8) is 0 Å². The van der Waals surface area contributed by atoms with Crippen molar-refractivity contribution in [2.75, 3.05) is 31.1 Å². The number of carbonyl (C=O) groups excluding carboxylic acids is 1. The molecule has 3 aromatic carbocycles. The van der Waals surface area contributed by atoms with Crippen LogP contribution in [0.2, 0.25) is 0 Å². The molecule has 0 saturated heterocycles. The van der Waals surface area contributed by atoms with Gasteiger partial charge in [-0.15, -0.1) is 12.4 Å². The number of likely N-dealkylation sites (N-methyl/N-ethyl adjacent to an activating group) is 1. The molecule has 0 N–H and O–H groups in total. The molecular formula is C26H27ClFN3O2S. The molecule has 0 fully saturated rings.